The molecule has 0 amide bonds. The lowest BCUT2D eigenvalue weighted by atomic mass is 9.98. The van der Waals surface area contributed by atoms with Crippen LogP contribution in [0, 0.1) is 12.8 Å². The van der Waals surface area contributed by atoms with Gasteiger partial charge >= 0.3 is 0 Å². The Morgan fingerprint density at radius 3 is 2.89 bits per heavy atom. The summed E-state index contributed by atoms with van der Waals surface area (Å²) in [5.74, 6) is 0.766. The summed E-state index contributed by atoms with van der Waals surface area (Å²) < 4.78 is 1.92. The van der Waals surface area contributed by atoms with Crippen LogP contribution in [0.4, 0.5) is 0 Å². The Kier molecular flexibility index (Phi) is 5.25. The Morgan fingerprint density at radius 2 is 2.26 bits per heavy atom. The molecule has 1 aliphatic rings. The van der Waals surface area contributed by atoms with Gasteiger partial charge in [0.05, 0.1) is 16.4 Å². The van der Waals surface area contributed by atoms with Crippen LogP contribution in [0.2, 0.25) is 5.02 Å². The Labute approximate surface area is 121 Å². The van der Waals surface area contributed by atoms with E-state index in [-0.39, 0.29) is 0 Å². The molecule has 1 aromatic heterocycles. The second kappa shape index (κ2) is 6.73. The van der Waals surface area contributed by atoms with Crippen molar-refractivity contribution in [1.82, 2.24) is 20.0 Å². The van der Waals surface area contributed by atoms with Gasteiger partial charge in [-0.2, -0.15) is 5.10 Å². The van der Waals surface area contributed by atoms with Gasteiger partial charge in [-0.05, 0) is 45.3 Å². The van der Waals surface area contributed by atoms with E-state index in [4.69, 9.17) is 11.6 Å². The molecule has 0 radical (unpaired) electrons. The minimum atomic E-state index is 0.766. The van der Waals surface area contributed by atoms with Gasteiger partial charge in [0.25, 0.3) is 0 Å². The van der Waals surface area contributed by atoms with Crippen molar-refractivity contribution in [2.45, 2.75) is 33.2 Å². The number of rotatable bonds is 5. The number of hydrogen-bond donors (Lipinski definition) is 1. The predicted octanol–water partition coefficient (Wildman–Crippen LogP) is 2.20. The highest BCUT2D eigenvalue weighted by Crippen LogP contribution is 2.23. The third-order valence-corrected chi connectivity index (χ3v) is 4.41. The molecule has 108 valence electrons. The highest BCUT2D eigenvalue weighted by atomic mass is 35.5. The second-order valence-corrected chi connectivity index (χ2v) is 5.90. The van der Waals surface area contributed by atoms with Crippen LogP contribution in [0.1, 0.15) is 31.2 Å². The molecule has 4 nitrogen and oxygen atoms in total. The zero-order valence-electron chi connectivity index (χ0n) is 12.2. The normalized spacial score (nSPS) is 20.9. The molecule has 1 unspecified atom stereocenters. The summed E-state index contributed by atoms with van der Waals surface area (Å²) in [5.41, 5.74) is 2.07. The highest BCUT2D eigenvalue weighted by Gasteiger charge is 2.22. The van der Waals surface area contributed by atoms with Crippen LogP contribution in [-0.4, -0.2) is 40.9 Å². The zero-order chi connectivity index (χ0) is 13.8. The van der Waals surface area contributed by atoms with Crippen LogP contribution in [0.25, 0.3) is 0 Å². The van der Waals surface area contributed by atoms with Gasteiger partial charge in [-0.15, -0.1) is 0 Å². The Balaban J connectivity index is 1.95. The molecular formula is C14H25ClN4. The van der Waals surface area contributed by atoms with Crippen molar-refractivity contribution < 1.29 is 0 Å². The van der Waals surface area contributed by atoms with E-state index >= 15 is 0 Å². The van der Waals surface area contributed by atoms with E-state index < -0.39 is 0 Å². The van der Waals surface area contributed by atoms with Crippen molar-refractivity contribution in [3.63, 3.8) is 0 Å². The highest BCUT2D eigenvalue weighted by molar-refractivity contribution is 6.31. The summed E-state index contributed by atoms with van der Waals surface area (Å²) in [4.78, 5) is 2.51. The van der Waals surface area contributed by atoms with Gasteiger partial charge in [0, 0.05) is 20.1 Å². The molecule has 0 aromatic carbocycles. The molecule has 2 heterocycles. The Bertz CT molecular complexity index is 416. The lowest BCUT2D eigenvalue weighted by Gasteiger charge is -2.32. The molecule has 1 N–H and O–H groups in total. The summed E-state index contributed by atoms with van der Waals surface area (Å²) in [7, 11) is 1.98. The zero-order valence-corrected chi connectivity index (χ0v) is 13.0. The molecule has 0 aliphatic carbocycles. The van der Waals surface area contributed by atoms with Gasteiger partial charge in [0.1, 0.15) is 0 Å². The summed E-state index contributed by atoms with van der Waals surface area (Å²) in [6.07, 6.45) is 2.62. The number of nitrogens with one attached hydrogen (secondary N) is 1. The summed E-state index contributed by atoms with van der Waals surface area (Å²) in [6.45, 7) is 9.57. The van der Waals surface area contributed by atoms with Crippen LogP contribution in [0.5, 0.6) is 0 Å². The van der Waals surface area contributed by atoms with E-state index in [1.807, 2.05) is 18.7 Å². The van der Waals surface area contributed by atoms with E-state index in [0.717, 1.165) is 48.5 Å². The molecule has 1 aromatic rings. The van der Waals surface area contributed by atoms with Gasteiger partial charge in [-0.3, -0.25) is 9.58 Å². The number of nitrogens with zero attached hydrogens (tertiary/aromatic N) is 3. The van der Waals surface area contributed by atoms with E-state index in [2.05, 4.69) is 22.2 Å². The van der Waals surface area contributed by atoms with Crippen LogP contribution >= 0.6 is 11.6 Å². The maximum absolute atomic E-state index is 6.33. The first-order chi connectivity index (χ1) is 9.11. The second-order valence-electron chi connectivity index (χ2n) is 5.52. The number of hydrogen-bond acceptors (Lipinski definition) is 3. The fourth-order valence-electron chi connectivity index (χ4n) is 2.87. The van der Waals surface area contributed by atoms with Crippen molar-refractivity contribution in [3.05, 3.63) is 16.4 Å². The largest absolute Gasteiger partial charge is 0.317 e. The maximum atomic E-state index is 6.33. The van der Waals surface area contributed by atoms with Gasteiger partial charge in [0.15, 0.2) is 0 Å². The lowest BCUT2D eigenvalue weighted by molar-refractivity contribution is 0.162. The number of likely N-dealkylation sites (tertiary alicyclic amines) is 1. The van der Waals surface area contributed by atoms with E-state index in [1.165, 1.54) is 19.4 Å². The first kappa shape index (κ1) is 14.8. The molecule has 0 spiro atoms. The molecule has 2 rings (SSSR count). The maximum Gasteiger partial charge on any atom is 0.0860 e. The molecule has 5 heteroatoms. The molecule has 1 fully saturated rings. The molecule has 1 saturated heterocycles. The van der Waals surface area contributed by atoms with E-state index in [1.54, 1.807) is 0 Å². The van der Waals surface area contributed by atoms with Crippen LogP contribution in [-0.2, 0) is 13.6 Å². The van der Waals surface area contributed by atoms with E-state index in [9.17, 15) is 0 Å². The Hall–Kier alpha value is -0.580. The van der Waals surface area contributed by atoms with Crippen molar-refractivity contribution in [3.8, 4) is 0 Å². The molecule has 0 bridgehead atoms. The van der Waals surface area contributed by atoms with Crippen LogP contribution < -0.4 is 5.32 Å². The molecule has 1 aliphatic heterocycles. The molecule has 0 saturated carbocycles. The fraction of sp³-hybridized carbons (Fsp3) is 0.786. The molecular weight excluding hydrogens is 260 g/mol. The third-order valence-electron chi connectivity index (χ3n) is 3.92. The van der Waals surface area contributed by atoms with Gasteiger partial charge in [0.2, 0.25) is 0 Å². The predicted molar refractivity (Wildman–Crippen MR) is 79.5 cm³/mol. The van der Waals surface area contributed by atoms with E-state index in [0.29, 0.717) is 0 Å². The first-order valence-electron chi connectivity index (χ1n) is 7.22. The third kappa shape index (κ3) is 3.71. The van der Waals surface area contributed by atoms with Crippen LogP contribution in [0.3, 0.4) is 0 Å². The summed E-state index contributed by atoms with van der Waals surface area (Å²) >= 11 is 6.33. The number of piperidine rings is 1. The van der Waals surface area contributed by atoms with Crippen molar-refractivity contribution in [2.75, 3.05) is 26.2 Å². The Morgan fingerprint density at radius 1 is 1.47 bits per heavy atom. The van der Waals surface area contributed by atoms with Gasteiger partial charge in [-0.1, -0.05) is 18.5 Å². The first-order valence-corrected chi connectivity index (χ1v) is 7.60. The van der Waals surface area contributed by atoms with Crippen LogP contribution in [0.15, 0.2) is 0 Å². The average molecular weight is 285 g/mol. The summed E-state index contributed by atoms with van der Waals surface area (Å²) in [6, 6.07) is 0. The standard InChI is InChI=1S/C14H25ClN4/c1-4-16-8-12-6-5-7-19(9-12)10-13-14(15)11(2)17-18(13)3/h12,16H,4-10H2,1-3H3. The number of halogens is 1. The molecule has 19 heavy (non-hydrogen) atoms. The van der Waals surface area contributed by atoms with Gasteiger partial charge < -0.3 is 5.32 Å². The lowest BCUT2D eigenvalue weighted by Crippen LogP contribution is -2.39. The van der Waals surface area contributed by atoms with Crippen molar-refractivity contribution >= 4 is 11.6 Å². The smallest absolute Gasteiger partial charge is 0.0860 e. The minimum Gasteiger partial charge on any atom is -0.317 e. The number of aromatic nitrogens is 2. The average Bonchev–Trinajstić information content (AvgIpc) is 2.64. The summed E-state index contributed by atoms with van der Waals surface area (Å²) in [5, 5.41) is 8.68. The SMILES string of the molecule is CCNCC1CCCN(Cc2c(Cl)c(C)nn2C)C1. The fourth-order valence-corrected chi connectivity index (χ4v) is 3.09. The topological polar surface area (TPSA) is 33.1 Å². The monoisotopic (exact) mass is 284 g/mol. The quantitative estimate of drug-likeness (QED) is 0.900. The molecule has 1 atom stereocenters. The van der Waals surface area contributed by atoms with Crippen molar-refractivity contribution in [1.29, 1.82) is 0 Å². The van der Waals surface area contributed by atoms with Gasteiger partial charge in [-0.25, -0.2) is 0 Å². The minimum absolute atomic E-state index is 0.766. The van der Waals surface area contributed by atoms with Crippen molar-refractivity contribution in [2.24, 2.45) is 13.0 Å². The number of aryl methyl sites for hydroxylation is 2.